The van der Waals surface area contributed by atoms with Gasteiger partial charge in [0.1, 0.15) is 0 Å². The van der Waals surface area contributed by atoms with Crippen LogP contribution in [0.4, 0.5) is 0 Å². The molecule has 2 rings (SSSR count). The number of carbonyl (C=O) groups is 1. The molecule has 1 atom stereocenters. The van der Waals surface area contributed by atoms with Gasteiger partial charge in [0.2, 0.25) is 10.0 Å². The number of carbonyl (C=O) groups excluding carboxylic acids is 1. The molecule has 1 aromatic carbocycles. The van der Waals surface area contributed by atoms with Gasteiger partial charge in [-0.1, -0.05) is 19.8 Å². The summed E-state index contributed by atoms with van der Waals surface area (Å²) in [6.45, 7) is 6.19. The lowest BCUT2D eigenvalue weighted by Gasteiger charge is -2.32. The quantitative estimate of drug-likeness (QED) is 0.769. The highest BCUT2D eigenvalue weighted by molar-refractivity contribution is 7.89. The summed E-state index contributed by atoms with van der Waals surface area (Å²) in [7, 11) is -3.64. The van der Waals surface area contributed by atoms with Crippen LogP contribution >= 0.6 is 0 Å². The molecular weight excluding hydrogens is 324 g/mol. The lowest BCUT2D eigenvalue weighted by Crippen LogP contribution is -2.43. The van der Waals surface area contributed by atoms with E-state index in [1.807, 2.05) is 4.90 Å². The smallest absolute Gasteiger partial charge is 0.254 e. The Bertz CT molecular complexity index is 729. The fraction of sp³-hybridized carbons (Fsp3) is 0.500. The number of terminal acetylenes is 1. The third kappa shape index (κ3) is 4.16. The van der Waals surface area contributed by atoms with Gasteiger partial charge in [-0.2, -0.15) is 4.72 Å². The molecule has 1 N–H and O–H groups in total. The number of hydrogen-bond donors (Lipinski definition) is 1. The molecular formula is C18H24N2O3S. The first-order valence-electron chi connectivity index (χ1n) is 8.13. The summed E-state index contributed by atoms with van der Waals surface area (Å²) in [5, 5.41) is 0. The Morgan fingerprint density at radius 3 is 2.33 bits per heavy atom. The minimum absolute atomic E-state index is 0.0424. The summed E-state index contributed by atoms with van der Waals surface area (Å²) in [6.07, 6.45) is 7.14. The summed E-state index contributed by atoms with van der Waals surface area (Å²) < 4.78 is 26.3. The molecule has 1 fully saturated rings. The van der Waals surface area contributed by atoms with Gasteiger partial charge in [0, 0.05) is 17.6 Å². The predicted molar refractivity (Wildman–Crippen MR) is 94.0 cm³/mol. The summed E-state index contributed by atoms with van der Waals surface area (Å²) in [4.78, 5) is 14.9. The SMILES string of the molecule is C#CCNS(=O)(=O)c1ccc(C(=O)N(C2CC2)C(C)C(C)C)cc1. The van der Waals surface area contributed by atoms with E-state index in [9.17, 15) is 13.2 Å². The summed E-state index contributed by atoms with van der Waals surface area (Å²) in [5.74, 6) is 2.55. The Morgan fingerprint density at radius 1 is 1.29 bits per heavy atom. The Labute approximate surface area is 144 Å². The van der Waals surface area contributed by atoms with Crippen LogP contribution < -0.4 is 4.72 Å². The molecule has 1 aliphatic carbocycles. The van der Waals surface area contributed by atoms with Gasteiger partial charge in [0.15, 0.2) is 0 Å². The average molecular weight is 348 g/mol. The van der Waals surface area contributed by atoms with E-state index < -0.39 is 10.0 Å². The Kier molecular flexibility index (Phi) is 5.68. The van der Waals surface area contributed by atoms with Gasteiger partial charge in [-0.05, 0) is 49.9 Å². The highest BCUT2D eigenvalue weighted by atomic mass is 32.2. The second kappa shape index (κ2) is 7.37. The number of sulfonamides is 1. The maximum Gasteiger partial charge on any atom is 0.254 e. The van der Waals surface area contributed by atoms with Crippen LogP contribution in [0.5, 0.6) is 0 Å². The zero-order chi connectivity index (χ0) is 17.9. The molecule has 0 heterocycles. The highest BCUT2D eigenvalue weighted by Gasteiger charge is 2.37. The van der Waals surface area contributed by atoms with Gasteiger partial charge >= 0.3 is 0 Å². The second-order valence-corrected chi connectivity index (χ2v) is 8.25. The van der Waals surface area contributed by atoms with Crippen LogP contribution in [-0.2, 0) is 10.0 Å². The third-order valence-electron chi connectivity index (χ3n) is 4.35. The minimum atomic E-state index is -3.64. The summed E-state index contributed by atoms with van der Waals surface area (Å²) in [5.41, 5.74) is 0.505. The molecule has 1 saturated carbocycles. The number of benzene rings is 1. The minimum Gasteiger partial charge on any atom is -0.333 e. The first-order chi connectivity index (χ1) is 11.3. The second-order valence-electron chi connectivity index (χ2n) is 6.48. The zero-order valence-corrected chi connectivity index (χ0v) is 15.1. The van der Waals surface area contributed by atoms with Crippen molar-refractivity contribution in [1.82, 2.24) is 9.62 Å². The van der Waals surface area contributed by atoms with Crippen molar-refractivity contribution >= 4 is 15.9 Å². The zero-order valence-electron chi connectivity index (χ0n) is 14.3. The number of amides is 1. The van der Waals surface area contributed by atoms with Crippen LogP contribution in [0.3, 0.4) is 0 Å². The van der Waals surface area contributed by atoms with Crippen LogP contribution in [-0.4, -0.2) is 37.9 Å². The molecule has 0 saturated heterocycles. The molecule has 1 amide bonds. The predicted octanol–water partition coefficient (Wildman–Crippen LogP) is 2.25. The first kappa shape index (κ1) is 18.5. The monoisotopic (exact) mass is 348 g/mol. The Hall–Kier alpha value is -1.84. The molecule has 0 bridgehead atoms. The molecule has 24 heavy (non-hydrogen) atoms. The maximum atomic E-state index is 12.8. The fourth-order valence-corrected chi connectivity index (χ4v) is 3.44. The number of nitrogens with zero attached hydrogens (tertiary/aromatic N) is 1. The maximum absolute atomic E-state index is 12.8. The van der Waals surface area contributed by atoms with E-state index in [2.05, 4.69) is 31.4 Å². The third-order valence-corrected chi connectivity index (χ3v) is 5.77. The summed E-state index contributed by atoms with van der Waals surface area (Å²) in [6, 6.07) is 6.46. The van der Waals surface area contributed by atoms with Crippen LogP contribution in [0.1, 0.15) is 44.0 Å². The highest BCUT2D eigenvalue weighted by Crippen LogP contribution is 2.32. The Morgan fingerprint density at radius 2 is 1.88 bits per heavy atom. The van der Waals surface area contributed by atoms with E-state index in [0.29, 0.717) is 17.5 Å². The molecule has 1 aromatic rings. The normalized spacial score (nSPS) is 15.8. The molecule has 0 aromatic heterocycles. The van der Waals surface area contributed by atoms with Crippen LogP contribution in [0.2, 0.25) is 0 Å². The molecule has 5 nitrogen and oxygen atoms in total. The molecule has 1 aliphatic rings. The van der Waals surface area contributed by atoms with E-state index in [0.717, 1.165) is 12.8 Å². The molecule has 1 unspecified atom stereocenters. The average Bonchev–Trinajstić information content (AvgIpc) is 3.38. The van der Waals surface area contributed by atoms with E-state index >= 15 is 0 Å². The van der Waals surface area contributed by atoms with Crippen molar-refractivity contribution in [2.75, 3.05) is 6.54 Å². The van der Waals surface area contributed by atoms with Crippen molar-refractivity contribution in [2.24, 2.45) is 5.92 Å². The van der Waals surface area contributed by atoms with Gasteiger partial charge in [-0.25, -0.2) is 8.42 Å². The van der Waals surface area contributed by atoms with Crippen LogP contribution in [0, 0.1) is 18.3 Å². The number of nitrogens with one attached hydrogen (secondary N) is 1. The van der Waals surface area contributed by atoms with Crippen molar-refractivity contribution in [3.05, 3.63) is 29.8 Å². The molecule has 0 aliphatic heterocycles. The van der Waals surface area contributed by atoms with Gasteiger partial charge in [0.25, 0.3) is 5.91 Å². The van der Waals surface area contributed by atoms with Gasteiger partial charge in [0.05, 0.1) is 11.4 Å². The number of hydrogen-bond acceptors (Lipinski definition) is 3. The topological polar surface area (TPSA) is 66.5 Å². The van der Waals surface area contributed by atoms with Crippen molar-refractivity contribution in [2.45, 2.75) is 50.6 Å². The van der Waals surface area contributed by atoms with Crippen molar-refractivity contribution in [3.8, 4) is 12.3 Å². The first-order valence-corrected chi connectivity index (χ1v) is 9.62. The van der Waals surface area contributed by atoms with E-state index in [-0.39, 0.29) is 23.4 Å². The van der Waals surface area contributed by atoms with E-state index in [1.54, 1.807) is 12.1 Å². The van der Waals surface area contributed by atoms with Crippen molar-refractivity contribution in [1.29, 1.82) is 0 Å². The van der Waals surface area contributed by atoms with Crippen LogP contribution in [0.15, 0.2) is 29.2 Å². The van der Waals surface area contributed by atoms with Crippen molar-refractivity contribution < 1.29 is 13.2 Å². The lowest BCUT2D eigenvalue weighted by atomic mass is 10.0. The number of rotatable bonds is 7. The van der Waals surface area contributed by atoms with Gasteiger partial charge in [-0.3, -0.25) is 4.79 Å². The Balaban J connectivity index is 2.20. The van der Waals surface area contributed by atoms with Crippen LogP contribution in [0.25, 0.3) is 0 Å². The lowest BCUT2D eigenvalue weighted by molar-refractivity contribution is 0.0627. The van der Waals surface area contributed by atoms with Gasteiger partial charge < -0.3 is 4.90 Å². The molecule has 0 spiro atoms. The van der Waals surface area contributed by atoms with E-state index in [1.165, 1.54) is 12.1 Å². The standard InChI is InChI=1S/C18H24N2O3S/c1-5-12-19-24(22,23)17-10-6-15(7-11-17)18(21)20(16-8-9-16)14(4)13(2)3/h1,6-7,10-11,13-14,16,19H,8-9,12H2,2-4H3. The van der Waals surface area contributed by atoms with Crippen molar-refractivity contribution in [3.63, 3.8) is 0 Å². The largest absolute Gasteiger partial charge is 0.333 e. The van der Waals surface area contributed by atoms with E-state index in [4.69, 9.17) is 6.42 Å². The fourth-order valence-electron chi connectivity index (χ4n) is 2.50. The molecule has 6 heteroatoms. The molecule has 130 valence electrons. The molecule has 0 radical (unpaired) electrons. The van der Waals surface area contributed by atoms with Gasteiger partial charge in [-0.15, -0.1) is 6.42 Å². The summed E-state index contributed by atoms with van der Waals surface area (Å²) >= 11 is 0.